The summed E-state index contributed by atoms with van der Waals surface area (Å²) in [6.45, 7) is 3.78. The number of fused-ring (bicyclic) bond motifs is 2. The molecule has 0 aliphatic carbocycles. The quantitative estimate of drug-likeness (QED) is 0.590. The number of nitrogens with zero attached hydrogens (tertiary/aromatic N) is 2. The SMILES string of the molecule is C[C@@H]1Cc2ccccc2CN1C(=O)c1ccc2c(c1)CN(C(=O)Oc1ccccc1)CC2. The Morgan fingerprint density at radius 3 is 2.41 bits per heavy atom. The summed E-state index contributed by atoms with van der Waals surface area (Å²) in [7, 11) is 0. The lowest BCUT2D eigenvalue weighted by molar-refractivity contribution is 0.0658. The van der Waals surface area contributed by atoms with Crippen molar-refractivity contribution in [2.45, 2.75) is 38.9 Å². The van der Waals surface area contributed by atoms with Gasteiger partial charge >= 0.3 is 6.09 Å². The van der Waals surface area contributed by atoms with Gasteiger partial charge in [0.15, 0.2) is 0 Å². The van der Waals surface area contributed by atoms with E-state index in [2.05, 4.69) is 25.1 Å². The number of carbonyl (C=O) groups is 2. The Labute approximate surface area is 188 Å². The number of para-hydroxylation sites is 1. The highest BCUT2D eigenvalue weighted by molar-refractivity contribution is 5.95. The Morgan fingerprint density at radius 2 is 1.59 bits per heavy atom. The van der Waals surface area contributed by atoms with Gasteiger partial charge in [-0.2, -0.15) is 0 Å². The maximum atomic E-state index is 13.4. The maximum Gasteiger partial charge on any atom is 0.415 e. The van der Waals surface area contributed by atoms with Crippen molar-refractivity contribution < 1.29 is 14.3 Å². The van der Waals surface area contributed by atoms with E-state index in [-0.39, 0.29) is 18.0 Å². The molecule has 0 fully saturated rings. The van der Waals surface area contributed by atoms with Crippen molar-refractivity contribution >= 4 is 12.0 Å². The van der Waals surface area contributed by atoms with Crippen LogP contribution in [0.5, 0.6) is 5.75 Å². The van der Waals surface area contributed by atoms with Gasteiger partial charge in [0.1, 0.15) is 5.75 Å². The Bertz CT molecular complexity index is 1160. The van der Waals surface area contributed by atoms with Crippen LogP contribution in [-0.2, 0) is 25.9 Å². The monoisotopic (exact) mass is 426 g/mol. The summed E-state index contributed by atoms with van der Waals surface area (Å²) in [5, 5.41) is 0. The van der Waals surface area contributed by atoms with Crippen LogP contribution in [0.25, 0.3) is 0 Å². The first kappa shape index (κ1) is 20.3. The van der Waals surface area contributed by atoms with E-state index < -0.39 is 0 Å². The van der Waals surface area contributed by atoms with Crippen LogP contribution >= 0.6 is 0 Å². The topological polar surface area (TPSA) is 49.9 Å². The number of benzene rings is 3. The van der Waals surface area contributed by atoms with Crippen LogP contribution in [0, 0.1) is 0 Å². The van der Waals surface area contributed by atoms with Crippen molar-refractivity contribution in [2.24, 2.45) is 0 Å². The van der Waals surface area contributed by atoms with Crippen molar-refractivity contribution in [3.05, 3.63) is 101 Å². The van der Waals surface area contributed by atoms with Crippen LogP contribution in [0.2, 0.25) is 0 Å². The number of rotatable bonds is 2. The van der Waals surface area contributed by atoms with Gasteiger partial charge in [0.25, 0.3) is 5.91 Å². The second-order valence-electron chi connectivity index (χ2n) is 8.59. The van der Waals surface area contributed by atoms with Gasteiger partial charge in [-0.1, -0.05) is 48.5 Å². The zero-order chi connectivity index (χ0) is 22.1. The van der Waals surface area contributed by atoms with E-state index in [0.29, 0.717) is 30.9 Å². The molecule has 5 heteroatoms. The summed E-state index contributed by atoms with van der Waals surface area (Å²) in [6.07, 6.45) is 1.26. The van der Waals surface area contributed by atoms with E-state index in [1.54, 1.807) is 17.0 Å². The fourth-order valence-electron chi connectivity index (χ4n) is 4.62. The molecule has 5 rings (SSSR count). The third-order valence-corrected chi connectivity index (χ3v) is 6.44. The molecule has 3 aromatic carbocycles. The zero-order valence-corrected chi connectivity index (χ0v) is 18.2. The van der Waals surface area contributed by atoms with E-state index >= 15 is 0 Å². The van der Waals surface area contributed by atoms with Gasteiger partial charge in [-0.05, 0) is 66.3 Å². The first-order chi connectivity index (χ1) is 15.6. The standard InChI is InChI=1S/C27H26N2O3/c1-19-15-21-7-5-6-8-23(21)18-29(19)26(30)22-12-11-20-13-14-28(17-24(20)16-22)27(31)32-25-9-3-2-4-10-25/h2-12,16,19H,13-15,17-18H2,1H3/t19-/m1/s1. The van der Waals surface area contributed by atoms with Crippen molar-refractivity contribution in [1.29, 1.82) is 0 Å². The molecular weight excluding hydrogens is 400 g/mol. The summed E-state index contributed by atoms with van der Waals surface area (Å²) >= 11 is 0. The van der Waals surface area contributed by atoms with Crippen molar-refractivity contribution in [3.63, 3.8) is 0 Å². The fourth-order valence-corrected chi connectivity index (χ4v) is 4.62. The highest BCUT2D eigenvalue weighted by Crippen LogP contribution is 2.27. The van der Waals surface area contributed by atoms with Crippen LogP contribution in [0.15, 0.2) is 72.8 Å². The third kappa shape index (κ3) is 3.98. The lowest BCUT2D eigenvalue weighted by Gasteiger charge is -2.35. The van der Waals surface area contributed by atoms with Crippen molar-refractivity contribution in [2.75, 3.05) is 6.54 Å². The average Bonchev–Trinajstić information content (AvgIpc) is 2.83. The second-order valence-corrected chi connectivity index (χ2v) is 8.59. The molecule has 0 N–H and O–H groups in total. The lowest BCUT2D eigenvalue weighted by Crippen LogP contribution is -2.42. The first-order valence-corrected chi connectivity index (χ1v) is 11.1. The predicted molar refractivity (Wildman–Crippen MR) is 123 cm³/mol. The van der Waals surface area contributed by atoms with Crippen LogP contribution in [0.1, 0.15) is 39.5 Å². The van der Waals surface area contributed by atoms with E-state index in [0.717, 1.165) is 18.4 Å². The lowest BCUT2D eigenvalue weighted by atomic mass is 9.93. The molecule has 2 aliphatic rings. The highest BCUT2D eigenvalue weighted by Gasteiger charge is 2.29. The second kappa shape index (κ2) is 8.50. The highest BCUT2D eigenvalue weighted by atomic mass is 16.6. The molecule has 0 saturated heterocycles. The summed E-state index contributed by atoms with van der Waals surface area (Å²) in [4.78, 5) is 29.7. The summed E-state index contributed by atoms with van der Waals surface area (Å²) in [5.41, 5.74) is 5.40. The molecule has 0 unspecified atom stereocenters. The van der Waals surface area contributed by atoms with E-state index in [1.807, 2.05) is 47.4 Å². The van der Waals surface area contributed by atoms with Crippen molar-refractivity contribution in [1.82, 2.24) is 9.80 Å². The Hall–Kier alpha value is -3.60. The van der Waals surface area contributed by atoms with E-state index in [4.69, 9.17) is 4.74 Å². The average molecular weight is 427 g/mol. The van der Waals surface area contributed by atoms with Gasteiger partial charge in [-0.3, -0.25) is 4.79 Å². The molecule has 0 radical (unpaired) electrons. The fraction of sp³-hybridized carbons (Fsp3) is 0.259. The maximum absolute atomic E-state index is 13.4. The molecule has 0 aromatic heterocycles. The Kier molecular flexibility index (Phi) is 5.39. The van der Waals surface area contributed by atoms with Gasteiger partial charge in [0, 0.05) is 31.2 Å². The molecule has 32 heavy (non-hydrogen) atoms. The van der Waals surface area contributed by atoms with Gasteiger partial charge < -0.3 is 14.5 Å². The van der Waals surface area contributed by atoms with Gasteiger partial charge in [-0.25, -0.2) is 4.79 Å². The molecule has 0 spiro atoms. The predicted octanol–water partition coefficient (Wildman–Crippen LogP) is 4.83. The summed E-state index contributed by atoms with van der Waals surface area (Å²) in [6, 6.07) is 23.5. The van der Waals surface area contributed by atoms with Gasteiger partial charge in [0.2, 0.25) is 0 Å². The number of ether oxygens (including phenoxy) is 1. The van der Waals surface area contributed by atoms with Crippen LogP contribution in [0.3, 0.4) is 0 Å². The Morgan fingerprint density at radius 1 is 0.844 bits per heavy atom. The molecule has 5 nitrogen and oxygen atoms in total. The van der Waals surface area contributed by atoms with Crippen LogP contribution in [-0.4, -0.2) is 34.4 Å². The minimum Gasteiger partial charge on any atom is -0.410 e. The number of hydrogen-bond acceptors (Lipinski definition) is 3. The summed E-state index contributed by atoms with van der Waals surface area (Å²) in [5.74, 6) is 0.574. The molecule has 0 bridgehead atoms. The third-order valence-electron chi connectivity index (χ3n) is 6.44. The van der Waals surface area contributed by atoms with Crippen LogP contribution in [0.4, 0.5) is 4.79 Å². The minimum absolute atomic E-state index is 0.0405. The summed E-state index contributed by atoms with van der Waals surface area (Å²) < 4.78 is 5.50. The molecule has 3 aromatic rings. The first-order valence-electron chi connectivity index (χ1n) is 11.1. The molecule has 1 atom stereocenters. The minimum atomic E-state index is -0.361. The zero-order valence-electron chi connectivity index (χ0n) is 18.2. The molecule has 162 valence electrons. The molecule has 2 amide bonds. The van der Waals surface area contributed by atoms with E-state index in [1.165, 1.54) is 16.7 Å². The molecular formula is C27H26N2O3. The molecule has 0 saturated carbocycles. The smallest absolute Gasteiger partial charge is 0.410 e. The van der Waals surface area contributed by atoms with Crippen LogP contribution < -0.4 is 4.74 Å². The van der Waals surface area contributed by atoms with Gasteiger partial charge in [0.05, 0.1) is 0 Å². The Balaban J connectivity index is 1.32. The molecule has 2 heterocycles. The normalized spacial score (nSPS) is 17.3. The largest absolute Gasteiger partial charge is 0.415 e. The van der Waals surface area contributed by atoms with Crippen molar-refractivity contribution in [3.8, 4) is 5.75 Å². The van der Waals surface area contributed by atoms with E-state index in [9.17, 15) is 9.59 Å². The number of carbonyl (C=O) groups excluding carboxylic acids is 2. The number of hydrogen-bond donors (Lipinski definition) is 0. The number of amides is 2. The molecule has 2 aliphatic heterocycles. The van der Waals surface area contributed by atoms with Gasteiger partial charge in [-0.15, -0.1) is 0 Å².